The van der Waals surface area contributed by atoms with Gasteiger partial charge in [0, 0.05) is 37.4 Å². The van der Waals surface area contributed by atoms with Crippen molar-refractivity contribution in [1.82, 2.24) is 15.1 Å². The van der Waals surface area contributed by atoms with E-state index in [-0.39, 0.29) is 36.2 Å². The highest BCUT2D eigenvalue weighted by Crippen LogP contribution is 2.42. The largest absolute Gasteiger partial charge is 0.446 e. The number of ether oxygens (including phenoxy) is 2. The van der Waals surface area contributed by atoms with Gasteiger partial charge in [-0.3, -0.25) is 4.79 Å². The first-order valence-electron chi connectivity index (χ1n) is 13.4. The van der Waals surface area contributed by atoms with Crippen LogP contribution in [0.4, 0.5) is 4.79 Å². The quantitative estimate of drug-likeness (QED) is 0.602. The molecule has 33 heavy (non-hydrogen) atoms. The van der Waals surface area contributed by atoms with E-state index in [1.165, 1.54) is 12.8 Å². The van der Waals surface area contributed by atoms with Crippen molar-refractivity contribution in [2.75, 3.05) is 32.8 Å². The van der Waals surface area contributed by atoms with Crippen LogP contribution in [0.15, 0.2) is 0 Å². The van der Waals surface area contributed by atoms with Crippen LogP contribution in [-0.4, -0.2) is 84.9 Å². The van der Waals surface area contributed by atoms with Gasteiger partial charge in [-0.2, -0.15) is 0 Å². The predicted octanol–water partition coefficient (Wildman–Crippen LogP) is 2.11. The summed E-state index contributed by atoms with van der Waals surface area (Å²) in [4.78, 5) is 30.7. The molecule has 8 heteroatoms. The third-order valence-electron chi connectivity index (χ3n) is 8.58. The van der Waals surface area contributed by atoms with Gasteiger partial charge in [-0.05, 0) is 76.8 Å². The van der Waals surface area contributed by atoms with Crippen LogP contribution in [-0.2, 0) is 14.3 Å². The molecule has 5 atom stereocenters. The first-order chi connectivity index (χ1) is 16.0. The highest BCUT2D eigenvalue weighted by atomic mass is 16.6. The van der Waals surface area contributed by atoms with Crippen molar-refractivity contribution in [3.8, 4) is 0 Å². The van der Waals surface area contributed by atoms with Gasteiger partial charge in [-0.15, -0.1) is 0 Å². The molecule has 0 radical (unpaired) electrons. The zero-order valence-corrected chi connectivity index (χ0v) is 20.1. The van der Waals surface area contributed by atoms with E-state index in [4.69, 9.17) is 15.2 Å². The molecule has 3 N–H and O–H groups in total. The van der Waals surface area contributed by atoms with Gasteiger partial charge in [0.1, 0.15) is 6.10 Å². The van der Waals surface area contributed by atoms with Crippen LogP contribution < -0.4 is 11.1 Å². The molecule has 8 nitrogen and oxygen atoms in total. The maximum atomic E-state index is 13.4. The van der Waals surface area contributed by atoms with E-state index >= 15 is 0 Å². The van der Waals surface area contributed by atoms with E-state index in [0.717, 1.165) is 51.5 Å². The Morgan fingerprint density at radius 3 is 2.48 bits per heavy atom. The van der Waals surface area contributed by atoms with E-state index in [1.807, 2.05) is 4.90 Å². The van der Waals surface area contributed by atoms with Gasteiger partial charge in [-0.1, -0.05) is 0 Å². The summed E-state index contributed by atoms with van der Waals surface area (Å²) in [6.07, 6.45) is 8.75. The SMILES string of the molecule is C[C@H]1CN(C(=O)OC2CCOCC2)C2CC(C(CN)CNC3CC3)CCC2N1C(=O)C1CC1. The summed E-state index contributed by atoms with van der Waals surface area (Å²) >= 11 is 0. The van der Waals surface area contributed by atoms with Crippen LogP contribution >= 0.6 is 0 Å². The minimum absolute atomic E-state index is 0.0185. The van der Waals surface area contributed by atoms with Crippen LogP contribution in [0.3, 0.4) is 0 Å². The number of piperazine rings is 1. The topological polar surface area (TPSA) is 97.1 Å². The molecule has 3 aliphatic carbocycles. The molecule has 5 fully saturated rings. The second-order valence-corrected chi connectivity index (χ2v) is 11.1. The summed E-state index contributed by atoms with van der Waals surface area (Å²) in [5, 5.41) is 3.66. The lowest BCUT2D eigenvalue weighted by Crippen LogP contribution is -2.68. The van der Waals surface area contributed by atoms with Crippen LogP contribution in [0.25, 0.3) is 0 Å². The van der Waals surface area contributed by atoms with Crippen LogP contribution in [0, 0.1) is 17.8 Å². The summed E-state index contributed by atoms with van der Waals surface area (Å²) in [7, 11) is 0. The molecular weight excluding hydrogens is 420 g/mol. The molecule has 2 heterocycles. The third-order valence-corrected chi connectivity index (χ3v) is 8.58. The molecule has 0 bridgehead atoms. The number of carbonyl (C=O) groups excluding carboxylic acids is 2. The van der Waals surface area contributed by atoms with Crippen LogP contribution in [0.5, 0.6) is 0 Å². The Kier molecular flexibility index (Phi) is 7.14. The molecule has 0 spiro atoms. The lowest BCUT2D eigenvalue weighted by Gasteiger charge is -2.54. The van der Waals surface area contributed by atoms with Gasteiger partial charge >= 0.3 is 6.09 Å². The number of rotatable bonds is 7. The number of nitrogens with two attached hydrogens (primary N) is 1. The summed E-state index contributed by atoms with van der Waals surface area (Å²) < 4.78 is 11.4. The van der Waals surface area contributed by atoms with E-state index in [2.05, 4.69) is 17.1 Å². The fourth-order valence-electron chi connectivity index (χ4n) is 6.27. The zero-order chi connectivity index (χ0) is 22.9. The Balaban J connectivity index is 1.31. The molecule has 0 aromatic heterocycles. The molecule has 2 aliphatic heterocycles. The molecule has 5 aliphatic rings. The van der Waals surface area contributed by atoms with E-state index in [9.17, 15) is 9.59 Å². The van der Waals surface area contributed by atoms with Gasteiger partial charge in [0.2, 0.25) is 5.91 Å². The van der Waals surface area contributed by atoms with Crippen molar-refractivity contribution in [3.63, 3.8) is 0 Å². The molecule has 4 unspecified atom stereocenters. The normalized spacial score (nSPS) is 34.0. The summed E-state index contributed by atoms with van der Waals surface area (Å²) in [5.41, 5.74) is 6.22. The molecule has 2 saturated heterocycles. The Bertz CT molecular complexity index is 707. The molecule has 2 amide bonds. The highest BCUT2D eigenvalue weighted by Gasteiger charge is 2.50. The molecule has 3 saturated carbocycles. The molecule has 0 aromatic rings. The second kappa shape index (κ2) is 10.1. The van der Waals surface area contributed by atoms with Crippen LogP contribution in [0.2, 0.25) is 0 Å². The number of hydrogen-bond donors (Lipinski definition) is 2. The zero-order valence-electron chi connectivity index (χ0n) is 20.1. The van der Waals surface area contributed by atoms with Crippen molar-refractivity contribution < 1.29 is 19.1 Å². The van der Waals surface area contributed by atoms with Gasteiger partial charge < -0.3 is 30.3 Å². The van der Waals surface area contributed by atoms with Gasteiger partial charge in [0.05, 0.1) is 25.3 Å². The molecule has 186 valence electrons. The highest BCUT2D eigenvalue weighted by molar-refractivity contribution is 5.82. The summed E-state index contributed by atoms with van der Waals surface area (Å²) in [6.45, 7) is 5.57. The van der Waals surface area contributed by atoms with Crippen molar-refractivity contribution >= 4 is 12.0 Å². The Labute approximate surface area is 197 Å². The van der Waals surface area contributed by atoms with Crippen LogP contribution in [0.1, 0.15) is 64.7 Å². The lowest BCUT2D eigenvalue weighted by molar-refractivity contribution is -0.146. The summed E-state index contributed by atoms with van der Waals surface area (Å²) in [5.74, 6) is 1.38. The Morgan fingerprint density at radius 1 is 1.06 bits per heavy atom. The number of hydrogen-bond acceptors (Lipinski definition) is 6. The monoisotopic (exact) mass is 462 g/mol. The van der Waals surface area contributed by atoms with Gasteiger partial charge in [0.15, 0.2) is 0 Å². The Morgan fingerprint density at radius 2 is 1.82 bits per heavy atom. The minimum atomic E-state index is -0.205. The summed E-state index contributed by atoms with van der Waals surface area (Å²) in [6, 6.07) is 0.809. The number of carbonyl (C=O) groups is 2. The lowest BCUT2D eigenvalue weighted by atomic mass is 9.73. The average molecular weight is 463 g/mol. The average Bonchev–Trinajstić information content (AvgIpc) is 3.73. The standard InChI is InChI=1S/C25H42N4O4/c1-16-15-28(25(31)33-21-8-10-32-11-9-21)23-12-18(19(13-26)14-27-20-5-6-20)4-7-22(23)29(16)24(30)17-2-3-17/h16-23,27H,2-15,26H2,1H3/t16-,18?,19?,22?,23?/m0/s1. The maximum Gasteiger partial charge on any atom is 0.410 e. The fourth-order valence-corrected chi connectivity index (χ4v) is 6.27. The smallest absolute Gasteiger partial charge is 0.410 e. The van der Waals surface area contributed by atoms with E-state index < -0.39 is 0 Å². The number of amides is 2. The number of fused-ring (bicyclic) bond motifs is 1. The van der Waals surface area contributed by atoms with E-state index in [0.29, 0.717) is 50.1 Å². The first-order valence-corrected chi connectivity index (χ1v) is 13.4. The number of nitrogens with one attached hydrogen (secondary N) is 1. The van der Waals surface area contributed by atoms with Gasteiger partial charge in [0.25, 0.3) is 0 Å². The van der Waals surface area contributed by atoms with Gasteiger partial charge in [-0.25, -0.2) is 4.79 Å². The number of nitrogens with zero attached hydrogens (tertiary/aromatic N) is 2. The van der Waals surface area contributed by atoms with Crippen molar-refractivity contribution in [2.24, 2.45) is 23.5 Å². The van der Waals surface area contributed by atoms with Crippen molar-refractivity contribution in [3.05, 3.63) is 0 Å². The van der Waals surface area contributed by atoms with E-state index in [1.54, 1.807) is 0 Å². The Hall–Kier alpha value is -1.38. The minimum Gasteiger partial charge on any atom is -0.446 e. The third kappa shape index (κ3) is 5.33. The molecule has 5 rings (SSSR count). The van der Waals surface area contributed by atoms with Crippen molar-refractivity contribution in [2.45, 2.75) is 95.0 Å². The second-order valence-electron chi connectivity index (χ2n) is 11.1. The molecule has 0 aromatic carbocycles. The first kappa shape index (κ1) is 23.4. The predicted molar refractivity (Wildman–Crippen MR) is 125 cm³/mol. The molecular formula is C25H42N4O4. The maximum absolute atomic E-state index is 13.4. The van der Waals surface area contributed by atoms with Crippen molar-refractivity contribution in [1.29, 1.82) is 0 Å². The fraction of sp³-hybridized carbons (Fsp3) is 0.920.